The lowest BCUT2D eigenvalue weighted by molar-refractivity contribution is 0.165. The van der Waals surface area contributed by atoms with Crippen molar-refractivity contribution in [3.05, 3.63) is 77.7 Å². The summed E-state index contributed by atoms with van der Waals surface area (Å²) in [6, 6.07) is 18.7. The zero-order chi connectivity index (χ0) is 20.8. The molecule has 30 heavy (non-hydrogen) atoms. The molecule has 2 heterocycles. The summed E-state index contributed by atoms with van der Waals surface area (Å²) in [7, 11) is 0. The number of phenols is 1. The normalized spacial score (nSPS) is 17.2. The van der Waals surface area contributed by atoms with Crippen LogP contribution in [0.25, 0.3) is 11.3 Å². The summed E-state index contributed by atoms with van der Waals surface area (Å²) < 4.78 is 0. The highest BCUT2D eigenvalue weighted by Gasteiger charge is 2.17. The summed E-state index contributed by atoms with van der Waals surface area (Å²) in [5.41, 5.74) is 4.69. The molecule has 3 aromatic rings. The zero-order valence-electron chi connectivity index (χ0n) is 17.6. The number of phenolic OH excluding ortho intramolecular Hbond substituents is 1. The Morgan fingerprint density at radius 2 is 1.93 bits per heavy atom. The molecule has 1 aromatic heterocycles. The van der Waals surface area contributed by atoms with Gasteiger partial charge in [-0.15, -0.1) is 0 Å². The first-order chi connectivity index (χ1) is 14.7. The van der Waals surface area contributed by atoms with E-state index in [2.05, 4.69) is 46.4 Å². The standard InChI is InChI=1S/C25H30N4O/c1-19-17-26-14-15-29(19)18-21-5-2-6-22(16-21)24-12-13-27-25(28-24)7-3-4-20-8-10-23(30)11-9-20/h2,5-6,8-13,16,19,26,30H,3-4,7,14-15,17-18H2,1H3/t19-/m0/s1. The lowest BCUT2D eigenvalue weighted by atomic mass is 10.1. The first-order valence-electron chi connectivity index (χ1n) is 10.8. The van der Waals surface area contributed by atoms with E-state index in [1.807, 2.05) is 24.4 Å². The Bertz CT molecular complexity index is 957. The van der Waals surface area contributed by atoms with E-state index in [0.717, 1.165) is 62.5 Å². The molecule has 0 amide bonds. The van der Waals surface area contributed by atoms with Gasteiger partial charge in [-0.05, 0) is 55.2 Å². The summed E-state index contributed by atoms with van der Waals surface area (Å²) >= 11 is 0. The second-order valence-corrected chi connectivity index (χ2v) is 8.10. The summed E-state index contributed by atoms with van der Waals surface area (Å²) in [5.74, 6) is 1.19. The fraction of sp³-hybridized carbons (Fsp3) is 0.360. The van der Waals surface area contributed by atoms with Crippen molar-refractivity contribution in [3.8, 4) is 17.0 Å². The van der Waals surface area contributed by atoms with Crippen molar-refractivity contribution in [2.75, 3.05) is 19.6 Å². The molecule has 2 N–H and O–H groups in total. The summed E-state index contributed by atoms with van der Waals surface area (Å²) in [6.07, 6.45) is 4.64. The average molecular weight is 403 g/mol. The Morgan fingerprint density at radius 3 is 2.77 bits per heavy atom. The molecule has 2 aromatic carbocycles. The molecule has 0 saturated carbocycles. The van der Waals surface area contributed by atoms with Crippen molar-refractivity contribution < 1.29 is 5.11 Å². The van der Waals surface area contributed by atoms with Gasteiger partial charge in [0.2, 0.25) is 0 Å². The Morgan fingerprint density at radius 1 is 1.07 bits per heavy atom. The minimum Gasteiger partial charge on any atom is -0.508 e. The summed E-state index contributed by atoms with van der Waals surface area (Å²) in [6.45, 7) is 6.46. The smallest absolute Gasteiger partial charge is 0.128 e. The number of hydrogen-bond acceptors (Lipinski definition) is 5. The van der Waals surface area contributed by atoms with Crippen LogP contribution in [0.1, 0.15) is 30.3 Å². The van der Waals surface area contributed by atoms with Crippen LogP contribution in [-0.4, -0.2) is 45.7 Å². The topological polar surface area (TPSA) is 61.3 Å². The van der Waals surface area contributed by atoms with Crippen molar-refractivity contribution in [1.82, 2.24) is 20.2 Å². The van der Waals surface area contributed by atoms with Gasteiger partial charge >= 0.3 is 0 Å². The van der Waals surface area contributed by atoms with Gasteiger partial charge in [0.1, 0.15) is 11.6 Å². The van der Waals surface area contributed by atoms with E-state index in [0.29, 0.717) is 11.8 Å². The Balaban J connectivity index is 1.39. The third-order valence-electron chi connectivity index (χ3n) is 5.75. The van der Waals surface area contributed by atoms with Crippen LogP contribution in [-0.2, 0) is 19.4 Å². The SMILES string of the molecule is C[C@H]1CNCCN1Cc1cccc(-c2ccnc(CCCc3ccc(O)cc3)n2)c1. The number of aromatic hydroxyl groups is 1. The van der Waals surface area contributed by atoms with Crippen molar-refractivity contribution in [2.45, 2.75) is 38.8 Å². The molecule has 1 atom stereocenters. The molecule has 0 spiro atoms. The van der Waals surface area contributed by atoms with E-state index in [1.165, 1.54) is 11.1 Å². The van der Waals surface area contributed by atoms with Gasteiger partial charge in [0.15, 0.2) is 0 Å². The van der Waals surface area contributed by atoms with Gasteiger partial charge in [0.25, 0.3) is 0 Å². The zero-order valence-corrected chi connectivity index (χ0v) is 17.6. The van der Waals surface area contributed by atoms with Crippen LogP contribution < -0.4 is 5.32 Å². The van der Waals surface area contributed by atoms with Gasteiger partial charge in [-0.1, -0.05) is 30.3 Å². The molecular weight excluding hydrogens is 372 g/mol. The number of benzene rings is 2. The van der Waals surface area contributed by atoms with E-state index in [1.54, 1.807) is 12.1 Å². The Labute approximate surface area is 178 Å². The van der Waals surface area contributed by atoms with Crippen LogP contribution in [0.15, 0.2) is 60.8 Å². The second kappa shape index (κ2) is 9.83. The molecule has 1 aliphatic rings. The molecule has 4 rings (SSSR count). The van der Waals surface area contributed by atoms with Crippen molar-refractivity contribution >= 4 is 0 Å². The molecule has 5 heteroatoms. The molecular formula is C25H30N4O. The van der Waals surface area contributed by atoms with E-state index < -0.39 is 0 Å². The van der Waals surface area contributed by atoms with Crippen molar-refractivity contribution in [3.63, 3.8) is 0 Å². The fourth-order valence-corrected chi connectivity index (χ4v) is 3.98. The van der Waals surface area contributed by atoms with E-state index in [-0.39, 0.29) is 0 Å². The largest absolute Gasteiger partial charge is 0.508 e. The molecule has 0 radical (unpaired) electrons. The van der Waals surface area contributed by atoms with Gasteiger partial charge in [-0.3, -0.25) is 4.90 Å². The van der Waals surface area contributed by atoms with Gasteiger partial charge in [0, 0.05) is 50.4 Å². The summed E-state index contributed by atoms with van der Waals surface area (Å²) in [4.78, 5) is 11.8. The molecule has 0 aliphatic carbocycles. The Hall–Kier alpha value is -2.76. The van der Waals surface area contributed by atoms with Crippen LogP contribution >= 0.6 is 0 Å². The summed E-state index contributed by atoms with van der Waals surface area (Å²) in [5, 5.41) is 12.9. The third-order valence-corrected chi connectivity index (χ3v) is 5.75. The van der Waals surface area contributed by atoms with Crippen molar-refractivity contribution in [1.29, 1.82) is 0 Å². The lowest BCUT2D eigenvalue weighted by Crippen LogP contribution is -2.49. The highest BCUT2D eigenvalue weighted by atomic mass is 16.3. The maximum atomic E-state index is 9.40. The molecule has 1 saturated heterocycles. The number of piperazine rings is 1. The predicted molar refractivity (Wildman–Crippen MR) is 120 cm³/mol. The van der Waals surface area contributed by atoms with Crippen molar-refractivity contribution in [2.24, 2.45) is 0 Å². The fourth-order valence-electron chi connectivity index (χ4n) is 3.98. The molecule has 5 nitrogen and oxygen atoms in total. The number of rotatable bonds is 7. The maximum absolute atomic E-state index is 9.40. The second-order valence-electron chi connectivity index (χ2n) is 8.10. The third kappa shape index (κ3) is 5.43. The minimum absolute atomic E-state index is 0.309. The number of nitrogens with one attached hydrogen (secondary N) is 1. The van der Waals surface area contributed by atoms with Crippen LogP contribution in [0.2, 0.25) is 0 Å². The molecule has 0 bridgehead atoms. The van der Waals surface area contributed by atoms with Crippen LogP contribution in [0.4, 0.5) is 0 Å². The molecule has 1 fully saturated rings. The number of aryl methyl sites for hydroxylation is 2. The van der Waals surface area contributed by atoms with Crippen LogP contribution in [0.3, 0.4) is 0 Å². The van der Waals surface area contributed by atoms with Gasteiger partial charge in [-0.2, -0.15) is 0 Å². The molecule has 0 unspecified atom stereocenters. The number of hydrogen-bond donors (Lipinski definition) is 2. The number of aromatic nitrogens is 2. The first-order valence-corrected chi connectivity index (χ1v) is 10.8. The Kier molecular flexibility index (Phi) is 6.72. The van der Waals surface area contributed by atoms with Gasteiger partial charge in [-0.25, -0.2) is 9.97 Å². The lowest BCUT2D eigenvalue weighted by Gasteiger charge is -2.33. The highest BCUT2D eigenvalue weighted by Crippen LogP contribution is 2.20. The van der Waals surface area contributed by atoms with Crippen LogP contribution in [0, 0.1) is 0 Å². The van der Waals surface area contributed by atoms with E-state index >= 15 is 0 Å². The first kappa shape index (κ1) is 20.5. The monoisotopic (exact) mass is 402 g/mol. The maximum Gasteiger partial charge on any atom is 0.128 e. The van der Waals surface area contributed by atoms with E-state index in [4.69, 9.17) is 4.98 Å². The van der Waals surface area contributed by atoms with E-state index in [9.17, 15) is 5.11 Å². The molecule has 1 aliphatic heterocycles. The average Bonchev–Trinajstić information content (AvgIpc) is 2.77. The molecule has 156 valence electrons. The quantitative estimate of drug-likeness (QED) is 0.629. The van der Waals surface area contributed by atoms with Gasteiger partial charge < -0.3 is 10.4 Å². The predicted octanol–water partition coefficient (Wildman–Crippen LogP) is 3.82. The van der Waals surface area contributed by atoms with Gasteiger partial charge in [0.05, 0.1) is 5.69 Å². The van der Waals surface area contributed by atoms with Crippen LogP contribution in [0.5, 0.6) is 5.75 Å². The highest BCUT2D eigenvalue weighted by molar-refractivity contribution is 5.59. The minimum atomic E-state index is 0.309. The number of nitrogens with zero attached hydrogens (tertiary/aromatic N) is 3.